The monoisotopic (exact) mass is 213 g/mol. The number of halogens is 1. The Balaban J connectivity index is 2.69. The SMILES string of the molecule is COc1cnc(CCC(C)C)c(Cl)c1. The quantitative estimate of drug-likeness (QED) is 0.766. The van der Waals surface area contributed by atoms with Gasteiger partial charge in [0.2, 0.25) is 0 Å². The van der Waals surface area contributed by atoms with Gasteiger partial charge in [-0.2, -0.15) is 0 Å². The molecule has 0 saturated carbocycles. The molecule has 0 fully saturated rings. The van der Waals surface area contributed by atoms with Crippen LogP contribution in [0, 0.1) is 5.92 Å². The number of ether oxygens (including phenoxy) is 1. The van der Waals surface area contributed by atoms with E-state index in [0.717, 1.165) is 18.5 Å². The van der Waals surface area contributed by atoms with Crippen LogP contribution in [0.3, 0.4) is 0 Å². The number of aromatic nitrogens is 1. The maximum absolute atomic E-state index is 6.05. The predicted molar refractivity (Wildman–Crippen MR) is 59.0 cm³/mol. The minimum Gasteiger partial charge on any atom is -0.495 e. The maximum Gasteiger partial charge on any atom is 0.138 e. The Hall–Kier alpha value is -0.760. The van der Waals surface area contributed by atoms with Crippen molar-refractivity contribution in [3.8, 4) is 5.75 Å². The average molecular weight is 214 g/mol. The lowest BCUT2D eigenvalue weighted by Crippen LogP contribution is -1.96. The molecular formula is C11H16ClNO. The topological polar surface area (TPSA) is 22.1 Å². The maximum atomic E-state index is 6.05. The molecule has 78 valence electrons. The molecule has 0 unspecified atom stereocenters. The summed E-state index contributed by atoms with van der Waals surface area (Å²) < 4.78 is 5.03. The van der Waals surface area contributed by atoms with Crippen molar-refractivity contribution in [1.82, 2.24) is 4.98 Å². The standard InChI is InChI=1S/C11H16ClNO/c1-8(2)4-5-11-10(12)6-9(14-3)7-13-11/h6-8H,4-5H2,1-3H3. The highest BCUT2D eigenvalue weighted by atomic mass is 35.5. The number of pyridine rings is 1. The van der Waals surface area contributed by atoms with E-state index in [9.17, 15) is 0 Å². The molecule has 1 heterocycles. The molecule has 0 N–H and O–H groups in total. The Bertz CT molecular complexity index is 299. The third kappa shape index (κ3) is 3.18. The molecule has 0 aromatic carbocycles. The highest BCUT2D eigenvalue weighted by Crippen LogP contribution is 2.21. The number of nitrogens with zero attached hydrogens (tertiary/aromatic N) is 1. The number of hydrogen-bond donors (Lipinski definition) is 0. The van der Waals surface area contributed by atoms with Gasteiger partial charge in [0.25, 0.3) is 0 Å². The Morgan fingerprint density at radius 2 is 2.21 bits per heavy atom. The second-order valence-corrected chi connectivity index (χ2v) is 4.14. The smallest absolute Gasteiger partial charge is 0.138 e. The van der Waals surface area contributed by atoms with Crippen LogP contribution >= 0.6 is 11.6 Å². The fourth-order valence-corrected chi connectivity index (χ4v) is 1.42. The van der Waals surface area contributed by atoms with Gasteiger partial charge in [-0.15, -0.1) is 0 Å². The second kappa shape index (κ2) is 5.20. The number of hydrogen-bond acceptors (Lipinski definition) is 2. The fraction of sp³-hybridized carbons (Fsp3) is 0.545. The van der Waals surface area contributed by atoms with E-state index >= 15 is 0 Å². The van der Waals surface area contributed by atoms with Gasteiger partial charge in [0, 0.05) is 6.07 Å². The Morgan fingerprint density at radius 3 is 2.71 bits per heavy atom. The summed E-state index contributed by atoms with van der Waals surface area (Å²) in [5.41, 5.74) is 0.959. The van der Waals surface area contributed by atoms with Crippen LogP contribution in [0.15, 0.2) is 12.3 Å². The molecule has 2 nitrogen and oxygen atoms in total. The first-order valence-electron chi connectivity index (χ1n) is 4.82. The van der Waals surface area contributed by atoms with Crippen LogP contribution < -0.4 is 4.74 Å². The molecule has 0 aliphatic carbocycles. The molecule has 0 amide bonds. The molecule has 0 spiro atoms. The number of rotatable bonds is 4. The third-order valence-electron chi connectivity index (χ3n) is 2.09. The van der Waals surface area contributed by atoms with Crippen LogP contribution in [0.25, 0.3) is 0 Å². The molecule has 14 heavy (non-hydrogen) atoms. The van der Waals surface area contributed by atoms with E-state index in [4.69, 9.17) is 16.3 Å². The lowest BCUT2D eigenvalue weighted by Gasteiger charge is -2.07. The number of aryl methyl sites for hydroxylation is 1. The van der Waals surface area contributed by atoms with Crippen LogP contribution in [0.1, 0.15) is 26.0 Å². The van der Waals surface area contributed by atoms with E-state index in [2.05, 4.69) is 18.8 Å². The fourth-order valence-electron chi connectivity index (χ4n) is 1.17. The zero-order valence-corrected chi connectivity index (χ0v) is 9.64. The van der Waals surface area contributed by atoms with Crippen molar-refractivity contribution in [2.45, 2.75) is 26.7 Å². The van der Waals surface area contributed by atoms with Crippen LogP contribution in [-0.4, -0.2) is 12.1 Å². The molecule has 0 radical (unpaired) electrons. The van der Waals surface area contributed by atoms with Gasteiger partial charge < -0.3 is 4.74 Å². The molecule has 1 aromatic rings. The first-order valence-corrected chi connectivity index (χ1v) is 5.19. The largest absolute Gasteiger partial charge is 0.495 e. The summed E-state index contributed by atoms with van der Waals surface area (Å²) in [4.78, 5) is 4.26. The number of methoxy groups -OCH3 is 1. The Morgan fingerprint density at radius 1 is 1.50 bits per heavy atom. The average Bonchev–Trinajstić information content (AvgIpc) is 2.15. The summed E-state index contributed by atoms with van der Waals surface area (Å²) >= 11 is 6.05. The first-order chi connectivity index (χ1) is 6.63. The molecule has 0 saturated heterocycles. The minimum absolute atomic E-state index is 0.676. The normalized spacial score (nSPS) is 10.6. The van der Waals surface area contributed by atoms with E-state index in [1.54, 1.807) is 13.3 Å². The van der Waals surface area contributed by atoms with Crippen molar-refractivity contribution >= 4 is 11.6 Å². The third-order valence-corrected chi connectivity index (χ3v) is 2.41. The van der Waals surface area contributed by atoms with E-state index in [1.807, 2.05) is 6.07 Å². The van der Waals surface area contributed by atoms with Crippen LogP contribution in [0.4, 0.5) is 0 Å². The van der Waals surface area contributed by atoms with Gasteiger partial charge in [-0.25, -0.2) is 0 Å². The molecule has 3 heteroatoms. The van der Waals surface area contributed by atoms with Crippen molar-refractivity contribution < 1.29 is 4.74 Å². The van der Waals surface area contributed by atoms with Gasteiger partial charge in [0.1, 0.15) is 5.75 Å². The van der Waals surface area contributed by atoms with Gasteiger partial charge in [-0.3, -0.25) is 4.98 Å². The lowest BCUT2D eigenvalue weighted by atomic mass is 10.1. The van der Waals surface area contributed by atoms with Crippen molar-refractivity contribution in [1.29, 1.82) is 0 Å². The van der Waals surface area contributed by atoms with Crippen LogP contribution in [0.5, 0.6) is 5.75 Å². The van der Waals surface area contributed by atoms with Crippen LogP contribution in [-0.2, 0) is 6.42 Å². The molecular weight excluding hydrogens is 198 g/mol. The van der Waals surface area contributed by atoms with Crippen molar-refractivity contribution in [2.24, 2.45) is 5.92 Å². The molecule has 0 aliphatic heterocycles. The molecule has 0 atom stereocenters. The van der Waals surface area contributed by atoms with E-state index in [0.29, 0.717) is 16.7 Å². The second-order valence-electron chi connectivity index (χ2n) is 3.74. The van der Waals surface area contributed by atoms with Crippen LogP contribution in [0.2, 0.25) is 5.02 Å². The molecule has 0 aliphatic rings. The lowest BCUT2D eigenvalue weighted by molar-refractivity contribution is 0.412. The van der Waals surface area contributed by atoms with Gasteiger partial charge in [-0.05, 0) is 18.8 Å². The predicted octanol–water partition coefficient (Wildman–Crippen LogP) is 3.33. The molecule has 0 bridgehead atoms. The first kappa shape index (κ1) is 11.3. The van der Waals surface area contributed by atoms with Crippen molar-refractivity contribution in [3.05, 3.63) is 23.0 Å². The molecule has 1 aromatic heterocycles. The van der Waals surface area contributed by atoms with Gasteiger partial charge in [0.15, 0.2) is 0 Å². The minimum atomic E-state index is 0.676. The Labute approximate surface area is 90.3 Å². The summed E-state index contributed by atoms with van der Waals surface area (Å²) in [6.45, 7) is 4.38. The van der Waals surface area contributed by atoms with E-state index in [1.165, 1.54) is 0 Å². The van der Waals surface area contributed by atoms with E-state index in [-0.39, 0.29) is 0 Å². The summed E-state index contributed by atoms with van der Waals surface area (Å²) in [6, 6.07) is 1.81. The Kier molecular flexibility index (Phi) is 4.21. The summed E-state index contributed by atoms with van der Waals surface area (Å²) in [6.07, 6.45) is 3.75. The van der Waals surface area contributed by atoms with Crippen molar-refractivity contribution in [3.63, 3.8) is 0 Å². The van der Waals surface area contributed by atoms with Gasteiger partial charge in [-0.1, -0.05) is 25.4 Å². The summed E-state index contributed by atoms with van der Waals surface area (Å²) in [5, 5.41) is 0.699. The highest BCUT2D eigenvalue weighted by Gasteiger charge is 2.04. The zero-order chi connectivity index (χ0) is 10.6. The summed E-state index contributed by atoms with van der Waals surface area (Å²) in [7, 11) is 1.61. The highest BCUT2D eigenvalue weighted by molar-refractivity contribution is 6.31. The van der Waals surface area contributed by atoms with Crippen molar-refractivity contribution in [2.75, 3.05) is 7.11 Å². The van der Waals surface area contributed by atoms with Gasteiger partial charge in [0.05, 0.1) is 24.0 Å². The van der Waals surface area contributed by atoms with E-state index < -0.39 is 0 Å². The summed E-state index contributed by atoms with van der Waals surface area (Å²) in [5.74, 6) is 1.39. The zero-order valence-electron chi connectivity index (χ0n) is 8.88. The van der Waals surface area contributed by atoms with Gasteiger partial charge >= 0.3 is 0 Å². The molecule has 1 rings (SSSR count).